The number of nitrogen functional groups attached to an aromatic ring is 1. The van der Waals surface area contributed by atoms with Crippen molar-refractivity contribution in [1.29, 1.82) is 0 Å². The van der Waals surface area contributed by atoms with E-state index in [9.17, 15) is 19.2 Å². The smallest absolute Gasteiger partial charge is 0.479 e. The number of carboxylic acids is 1. The molecule has 0 aliphatic carbocycles. The summed E-state index contributed by atoms with van der Waals surface area (Å²) in [6.45, 7) is 1.18. The quantitative estimate of drug-likeness (QED) is 0.149. The van der Waals surface area contributed by atoms with Gasteiger partial charge < -0.3 is 30.8 Å². The van der Waals surface area contributed by atoms with Gasteiger partial charge in [-0.15, -0.1) is 34.9 Å². The van der Waals surface area contributed by atoms with Crippen molar-refractivity contribution in [3.8, 4) is 0 Å². The lowest BCUT2D eigenvalue weighted by molar-refractivity contribution is -0.148. The van der Waals surface area contributed by atoms with Gasteiger partial charge in [0.15, 0.2) is 10.8 Å². The van der Waals surface area contributed by atoms with Gasteiger partial charge in [0, 0.05) is 11.1 Å². The van der Waals surface area contributed by atoms with Crippen molar-refractivity contribution >= 4 is 69.6 Å². The Morgan fingerprint density at radius 3 is 2.79 bits per heavy atom. The van der Waals surface area contributed by atoms with E-state index in [0.717, 1.165) is 23.5 Å². The molecule has 2 atom stereocenters. The molecule has 178 valence electrons. The molecule has 1 aromatic heterocycles. The first-order valence-corrected chi connectivity index (χ1v) is 12.3. The van der Waals surface area contributed by atoms with Gasteiger partial charge in [0.1, 0.15) is 17.1 Å². The van der Waals surface area contributed by atoms with Crippen LogP contribution in [0.25, 0.3) is 0 Å². The highest BCUT2D eigenvalue weighted by molar-refractivity contribution is 8.06. The van der Waals surface area contributed by atoms with Crippen LogP contribution in [0.3, 0.4) is 0 Å². The maximum Gasteiger partial charge on any atom is 0.512 e. The Bertz CT molecular complexity index is 1030. The Kier molecular flexibility index (Phi) is 8.04. The van der Waals surface area contributed by atoms with Crippen LogP contribution in [0, 0.1) is 0 Å². The number of carbonyl (C=O) groups excluding carboxylic acids is 2. The summed E-state index contributed by atoms with van der Waals surface area (Å²) in [4.78, 5) is 57.9. The number of aromatic nitrogens is 1. The van der Waals surface area contributed by atoms with Crippen LogP contribution in [-0.2, 0) is 24.0 Å². The summed E-state index contributed by atoms with van der Waals surface area (Å²) in [6.07, 6.45) is -0.695. The molecule has 0 radical (unpaired) electrons. The van der Waals surface area contributed by atoms with Gasteiger partial charge in [-0.1, -0.05) is 12.1 Å². The number of thioether (sulfide) groups is 2. The zero-order chi connectivity index (χ0) is 24.1. The molecule has 1 unspecified atom stereocenters. The van der Waals surface area contributed by atoms with Crippen molar-refractivity contribution in [2.45, 2.75) is 24.8 Å². The highest BCUT2D eigenvalue weighted by Gasteiger charge is 2.54. The number of nitrogens with one attached hydrogen (secondary N) is 1. The highest BCUT2D eigenvalue weighted by atomic mass is 32.2. The van der Waals surface area contributed by atoms with Gasteiger partial charge in [0.2, 0.25) is 12.5 Å². The molecule has 1 saturated heterocycles. The molecule has 16 heteroatoms. The van der Waals surface area contributed by atoms with Gasteiger partial charge in [0.25, 0.3) is 11.8 Å². The normalized spacial score (nSPS) is 20.1. The van der Waals surface area contributed by atoms with Crippen molar-refractivity contribution in [3.05, 3.63) is 21.9 Å². The monoisotopic (exact) mass is 517 g/mol. The van der Waals surface area contributed by atoms with E-state index in [2.05, 4.69) is 20.3 Å². The number of carboxylic acid groups (broad SMARTS) is 2. The van der Waals surface area contributed by atoms with E-state index in [1.165, 1.54) is 33.8 Å². The van der Waals surface area contributed by atoms with E-state index < -0.39 is 42.0 Å². The molecule has 2 amide bonds. The SMILES string of the molecule is CCCSC1=C(OC(=O)O)N2C(=O)C(NC(=O)C(=NOCC(=O)O)c3csc(N)n3)[C@@H]2SC1. The molecule has 0 bridgehead atoms. The van der Waals surface area contributed by atoms with Crippen LogP contribution in [0.5, 0.6) is 0 Å². The van der Waals surface area contributed by atoms with E-state index in [0.29, 0.717) is 10.7 Å². The molecular weight excluding hydrogens is 498 g/mol. The van der Waals surface area contributed by atoms with Gasteiger partial charge >= 0.3 is 12.1 Å². The van der Waals surface area contributed by atoms with Crippen molar-refractivity contribution in [3.63, 3.8) is 0 Å². The van der Waals surface area contributed by atoms with E-state index in [4.69, 9.17) is 20.7 Å². The third-order valence-electron chi connectivity index (χ3n) is 4.16. The molecule has 33 heavy (non-hydrogen) atoms. The fourth-order valence-corrected chi connectivity index (χ4v) is 5.79. The lowest BCUT2D eigenvalue weighted by Gasteiger charge is -2.48. The van der Waals surface area contributed by atoms with Crippen LogP contribution < -0.4 is 11.1 Å². The minimum absolute atomic E-state index is 0.0494. The second kappa shape index (κ2) is 10.8. The summed E-state index contributed by atoms with van der Waals surface area (Å²) < 4.78 is 4.89. The first kappa shape index (κ1) is 24.7. The van der Waals surface area contributed by atoms with Gasteiger partial charge in [-0.3, -0.25) is 14.5 Å². The number of nitrogens with two attached hydrogens (primary N) is 1. The zero-order valence-corrected chi connectivity index (χ0v) is 19.5. The van der Waals surface area contributed by atoms with E-state index in [-0.39, 0.29) is 22.4 Å². The molecule has 1 aromatic rings. The predicted molar refractivity (Wildman–Crippen MR) is 121 cm³/mol. The number of thiazole rings is 1. The summed E-state index contributed by atoms with van der Waals surface area (Å²) in [5, 5.41) is 24.9. The van der Waals surface area contributed by atoms with Crippen molar-refractivity contribution in [2.75, 3.05) is 23.8 Å². The lowest BCUT2D eigenvalue weighted by Crippen LogP contribution is -2.70. The first-order valence-electron chi connectivity index (χ1n) is 9.38. The number of nitrogens with zero attached hydrogens (tertiary/aromatic N) is 3. The Labute approximate surface area is 199 Å². The van der Waals surface area contributed by atoms with E-state index in [1.807, 2.05) is 6.92 Å². The molecule has 3 rings (SSSR count). The number of aliphatic carboxylic acids is 1. The standard InChI is InChI=1S/C17H19N5O8S3/c1-2-3-31-8-6-32-15-11(13(26)22(15)14(8)30-17(27)28)20-12(25)10(21-29-4-9(23)24)7-5-33-16(18)19-7/h5,11,15H,2-4,6H2,1H3,(H2,18,19)(H,20,25)(H,23,24)(H,27,28)/t11?,15-/m0/s1. The molecule has 1 fully saturated rings. The minimum Gasteiger partial charge on any atom is -0.479 e. The number of ether oxygens (including phenoxy) is 1. The average Bonchev–Trinajstić information content (AvgIpc) is 3.18. The predicted octanol–water partition coefficient (Wildman–Crippen LogP) is 0.937. The highest BCUT2D eigenvalue weighted by Crippen LogP contribution is 2.43. The number of rotatable bonds is 10. The summed E-state index contributed by atoms with van der Waals surface area (Å²) in [7, 11) is 0. The zero-order valence-electron chi connectivity index (χ0n) is 17.0. The third kappa shape index (κ3) is 5.69. The number of fused-ring (bicyclic) bond motifs is 1. The second-order valence-electron chi connectivity index (χ2n) is 6.48. The fraction of sp³-hybridized carbons (Fsp3) is 0.412. The Hall–Kier alpha value is -2.98. The topological polar surface area (TPSA) is 194 Å². The number of β-lactam (4-membered cyclic amide) rings is 1. The van der Waals surface area contributed by atoms with E-state index in [1.54, 1.807) is 0 Å². The van der Waals surface area contributed by atoms with Crippen LogP contribution in [-0.4, -0.2) is 79.3 Å². The lowest BCUT2D eigenvalue weighted by atomic mass is 10.1. The number of hydrogen-bond donors (Lipinski definition) is 4. The van der Waals surface area contributed by atoms with E-state index >= 15 is 0 Å². The average molecular weight is 518 g/mol. The molecule has 5 N–H and O–H groups in total. The van der Waals surface area contributed by atoms with Gasteiger partial charge in [-0.25, -0.2) is 14.6 Å². The number of anilines is 1. The largest absolute Gasteiger partial charge is 0.512 e. The van der Waals surface area contributed by atoms with Crippen LogP contribution in [0.1, 0.15) is 19.0 Å². The number of hydrogen-bond acceptors (Lipinski definition) is 12. The molecule has 3 heterocycles. The Morgan fingerprint density at radius 2 is 2.18 bits per heavy atom. The van der Waals surface area contributed by atoms with Gasteiger partial charge in [0.05, 0.1) is 4.91 Å². The van der Waals surface area contributed by atoms with Gasteiger partial charge in [-0.05, 0) is 12.2 Å². The molecule has 0 spiro atoms. The molecule has 2 aliphatic rings. The van der Waals surface area contributed by atoms with Crippen molar-refractivity contribution in [1.82, 2.24) is 15.2 Å². The van der Waals surface area contributed by atoms with Crippen molar-refractivity contribution < 1.29 is 39.0 Å². The molecule has 13 nitrogen and oxygen atoms in total. The van der Waals surface area contributed by atoms with Crippen LogP contribution in [0.15, 0.2) is 21.3 Å². The van der Waals surface area contributed by atoms with Crippen LogP contribution >= 0.6 is 34.9 Å². The Morgan fingerprint density at radius 1 is 1.42 bits per heavy atom. The molecular formula is C17H19N5O8S3. The van der Waals surface area contributed by atoms with Crippen molar-refractivity contribution in [2.24, 2.45) is 5.16 Å². The molecule has 0 aromatic carbocycles. The first-order chi connectivity index (χ1) is 15.7. The second-order valence-corrected chi connectivity index (χ2v) is 9.67. The Balaban J connectivity index is 1.77. The fourth-order valence-electron chi connectivity index (χ4n) is 2.82. The molecule has 2 aliphatic heterocycles. The summed E-state index contributed by atoms with van der Waals surface area (Å²) in [6, 6.07) is -0.992. The summed E-state index contributed by atoms with van der Waals surface area (Å²) in [5.74, 6) is -1.61. The third-order valence-corrected chi connectivity index (χ3v) is 7.58. The van der Waals surface area contributed by atoms with Crippen LogP contribution in [0.4, 0.5) is 9.93 Å². The number of amides is 2. The summed E-state index contributed by atoms with van der Waals surface area (Å²) in [5.41, 5.74) is 5.29. The number of oxime groups is 1. The minimum atomic E-state index is -1.54. The summed E-state index contributed by atoms with van der Waals surface area (Å²) >= 11 is 3.79. The maximum absolute atomic E-state index is 12.8. The molecule has 0 saturated carbocycles. The van der Waals surface area contributed by atoms with Crippen LogP contribution in [0.2, 0.25) is 0 Å². The maximum atomic E-state index is 12.8. The number of carbonyl (C=O) groups is 4. The van der Waals surface area contributed by atoms with Gasteiger partial charge in [-0.2, -0.15) is 0 Å².